The third-order valence-electron chi connectivity index (χ3n) is 3.26. The smallest absolute Gasteiger partial charge is 0.167 e. The van der Waals surface area contributed by atoms with E-state index in [9.17, 15) is 9.18 Å². The lowest BCUT2D eigenvalue weighted by molar-refractivity contribution is -0.117. The molecule has 0 bridgehead atoms. The standard InChI is InChI=1S/C12H11BrFN3O/c13-8-4-10-12(15-5-8)9(14)6-17(10)11(7-18)16-2-1-3-16/h4-7,11H,1-3H2. The third kappa shape index (κ3) is 1.76. The highest BCUT2D eigenvalue weighted by Crippen LogP contribution is 2.27. The summed E-state index contributed by atoms with van der Waals surface area (Å²) in [4.78, 5) is 17.3. The monoisotopic (exact) mass is 311 g/mol. The molecule has 94 valence electrons. The number of nitrogens with zero attached hydrogens (tertiary/aromatic N) is 3. The van der Waals surface area contributed by atoms with Gasteiger partial charge in [-0.2, -0.15) is 0 Å². The SMILES string of the molecule is O=CC(N1CCC1)n1cc(F)c2ncc(Br)cc21. The highest BCUT2D eigenvalue weighted by atomic mass is 79.9. The quantitative estimate of drug-likeness (QED) is 0.817. The van der Waals surface area contributed by atoms with Gasteiger partial charge in [0.1, 0.15) is 11.7 Å². The normalized spacial score (nSPS) is 17.7. The Labute approximate surface area is 112 Å². The van der Waals surface area contributed by atoms with Gasteiger partial charge < -0.3 is 4.57 Å². The van der Waals surface area contributed by atoms with Crippen molar-refractivity contribution in [3.05, 3.63) is 28.7 Å². The van der Waals surface area contributed by atoms with Crippen molar-refractivity contribution in [1.82, 2.24) is 14.5 Å². The number of likely N-dealkylation sites (tertiary alicyclic amines) is 1. The van der Waals surface area contributed by atoms with E-state index in [2.05, 4.69) is 20.9 Å². The Hall–Kier alpha value is -1.27. The molecule has 3 heterocycles. The second-order valence-corrected chi connectivity index (χ2v) is 5.26. The Morgan fingerprint density at radius 2 is 2.28 bits per heavy atom. The summed E-state index contributed by atoms with van der Waals surface area (Å²) in [6, 6.07) is 1.78. The average Bonchev–Trinajstić information content (AvgIpc) is 2.60. The van der Waals surface area contributed by atoms with Crippen molar-refractivity contribution in [1.29, 1.82) is 0 Å². The van der Waals surface area contributed by atoms with Crippen LogP contribution in [0.4, 0.5) is 4.39 Å². The van der Waals surface area contributed by atoms with Gasteiger partial charge in [0.2, 0.25) is 0 Å². The van der Waals surface area contributed by atoms with E-state index in [0.29, 0.717) is 11.0 Å². The molecule has 1 unspecified atom stereocenters. The molecule has 18 heavy (non-hydrogen) atoms. The molecule has 0 amide bonds. The topological polar surface area (TPSA) is 38.1 Å². The summed E-state index contributed by atoms with van der Waals surface area (Å²) >= 11 is 3.31. The Morgan fingerprint density at radius 1 is 1.50 bits per heavy atom. The maximum atomic E-state index is 13.8. The summed E-state index contributed by atoms with van der Waals surface area (Å²) in [5, 5.41) is 0. The van der Waals surface area contributed by atoms with E-state index in [0.717, 1.165) is 30.3 Å². The number of halogens is 2. The zero-order valence-electron chi connectivity index (χ0n) is 9.51. The number of hydrogen-bond acceptors (Lipinski definition) is 3. The fourth-order valence-electron chi connectivity index (χ4n) is 2.21. The second-order valence-electron chi connectivity index (χ2n) is 4.34. The van der Waals surface area contributed by atoms with E-state index >= 15 is 0 Å². The molecular formula is C12H11BrFN3O. The van der Waals surface area contributed by atoms with E-state index < -0.39 is 12.0 Å². The molecule has 1 fully saturated rings. The first-order valence-electron chi connectivity index (χ1n) is 5.71. The van der Waals surface area contributed by atoms with Crippen molar-refractivity contribution in [2.45, 2.75) is 12.6 Å². The predicted molar refractivity (Wildman–Crippen MR) is 68.7 cm³/mol. The average molecular weight is 312 g/mol. The summed E-state index contributed by atoms with van der Waals surface area (Å²) in [5.41, 5.74) is 0.927. The fraction of sp³-hybridized carbons (Fsp3) is 0.333. The van der Waals surface area contributed by atoms with Crippen LogP contribution in [-0.4, -0.2) is 33.8 Å². The number of hydrogen-bond donors (Lipinski definition) is 0. The maximum absolute atomic E-state index is 13.8. The Balaban J connectivity index is 2.15. The molecule has 1 aliphatic heterocycles. The van der Waals surface area contributed by atoms with Crippen molar-refractivity contribution in [2.24, 2.45) is 0 Å². The molecule has 0 spiro atoms. The van der Waals surface area contributed by atoms with Crippen LogP contribution in [0.2, 0.25) is 0 Å². The minimum Gasteiger partial charge on any atom is -0.320 e. The van der Waals surface area contributed by atoms with Crippen LogP contribution >= 0.6 is 15.9 Å². The second kappa shape index (κ2) is 4.44. The van der Waals surface area contributed by atoms with Gasteiger partial charge in [-0.25, -0.2) is 4.39 Å². The van der Waals surface area contributed by atoms with Crippen LogP contribution in [0.1, 0.15) is 12.6 Å². The summed E-state index contributed by atoms with van der Waals surface area (Å²) < 4.78 is 16.2. The summed E-state index contributed by atoms with van der Waals surface area (Å²) in [7, 11) is 0. The van der Waals surface area contributed by atoms with E-state index in [1.54, 1.807) is 16.8 Å². The van der Waals surface area contributed by atoms with Crippen LogP contribution in [0.3, 0.4) is 0 Å². The first kappa shape index (κ1) is 11.8. The lowest BCUT2D eigenvalue weighted by atomic mass is 10.2. The molecule has 1 atom stereocenters. The van der Waals surface area contributed by atoms with Gasteiger partial charge in [-0.05, 0) is 28.4 Å². The summed E-state index contributed by atoms with van der Waals surface area (Å²) in [6.07, 6.45) is 4.38. The first-order valence-corrected chi connectivity index (χ1v) is 6.51. The predicted octanol–water partition coefficient (Wildman–Crippen LogP) is 2.34. The van der Waals surface area contributed by atoms with Crippen LogP contribution in [0, 0.1) is 5.82 Å². The molecule has 0 radical (unpaired) electrons. The van der Waals surface area contributed by atoms with Crippen LogP contribution < -0.4 is 0 Å². The molecule has 0 N–H and O–H groups in total. The van der Waals surface area contributed by atoms with E-state index in [4.69, 9.17) is 0 Å². The number of pyridine rings is 1. The number of carbonyl (C=O) groups is 1. The number of aromatic nitrogens is 2. The minimum absolute atomic E-state index is 0.297. The molecule has 1 saturated heterocycles. The molecule has 2 aromatic rings. The zero-order chi connectivity index (χ0) is 12.7. The van der Waals surface area contributed by atoms with Gasteiger partial charge in [-0.3, -0.25) is 14.7 Å². The summed E-state index contributed by atoms with van der Waals surface area (Å²) in [6.45, 7) is 1.73. The van der Waals surface area contributed by atoms with Crippen molar-refractivity contribution >= 4 is 33.2 Å². The fourth-order valence-corrected chi connectivity index (χ4v) is 2.53. The Kier molecular flexibility index (Phi) is 2.91. The number of carbonyl (C=O) groups excluding carboxylic acids is 1. The number of aldehydes is 1. The largest absolute Gasteiger partial charge is 0.320 e. The molecule has 4 nitrogen and oxygen atoms in total. The molecule has 1 aliphatic rings. The van der Waals surface area contributed by atoms with Gasteiger partial charge in [0, 0.05) is 30.0 Å². The zero-order valence-corrected chi connectivity index (χ0v) is 11.1. The molecule has 0 saturated carbocycles. The Morgan fingerprint density at radius 3 is 2.89 bits per heavy atom. The van der Waals surface area contributed by atoms with Gasteiger partial charge >= 0.3 is 0 Å². The Bertz CT molecular complexity index is 609. The molecular weight excluding hydrogens is 301 g/mol. The third-order valence-corrected chi connectivity index (χ3v) is 3.70. The van der Waals surface area contributed by atoms with Crippen LogP contribution in [-0.2, 0) is 4.79 Å². The van der Waals surface area contributed by atoms with Gasteiger partial charge in [-0.1, -0.05) is 0 Å². The molecule has 0 aromatic carbocycles. The highest BCUT2D eigenvalue weighted by molar-refractivity contribution is 9.10. The lowest BCUT2D eigenvalue weighted by Crippen LogP contribution is -2.43. The molecule has 6 heteroatoms. The lowest BCUT2D eigenvalue weighted by Gasteiger charge is -2.36. The van der Waals surface area contributed by atoms with Crippen LogP contribution in [0.5, 0.6) is 0 Å². The minimum atomic E-state index is -0.443. The molecule has 2 aromatic heterocycles. The van der Waals surface area contributed by atoms with E-state index in [1.165, 1.54) is 6.20 Å². The molecule has 0 aliphatic carbocycles. The first-order chi connectivity index (χ1) is 8.70. The number of rotatable bonds is 3. The van der Waals surface area contributed by atoms with Gasteiger partial charge in [0.05, 0.1) is 5.52 Å². The number of fused-ring (bicyclic) bond motifs is 1. The van der Waals surface area contributed by atoms with Crippen molar-refractivity contribution in [3.8, 4) is 0 Å². The van der Waals surface area contributed by atoms with Gasteiger partial charge in [0.25, 0.3) is 0 Å². The molecule has 3 rings (SSSR count). The van der Waals surface area contributed by atoms with Crippen molar-refractivity contribution in [2.75, 3.05) is 13.1 Å². The van der Waals surface area contributed by atoms with Gasteiger partial charge in [0.15, 0.2) is 12.1 Å². The van der Waals surface area contributed by atoms with Crippen LogP contribution in [0.25, 0.3) is 11.0 Å². The maximum Gasteiger partial charge on any atom is 0.167 e. The highest BCUT2D eigenvalue weighted by Gasteiger charge is 2.27. The van der Waals surface area contributed by atoms with E-state index in [1.807, 2.05) is 4.90 Å². The van der Waals surface area contributed by atoms with Gasteiger partial charge in [-0.15, -0.1) is 0 Å². The summed E-state index contributed by atoms with van der Waals surface area (Å²) in [5.74, 6) is -0.398. The van der Waals surface area contributed by atoms with E-state index in [-0.39, 0.29) is 0 Å². The van der Waals surface area contributed by atoms with Crippen molar-refractivity contribution in [3.63, 3.8) is 0 Å². The van der Waals surface area contributed by atoms with Crippen LogP contribution in [0.15, 0.2) is 22.9 Å². The van der Waals surface area contributed by atoms with Crippen molar-refractivity contribution < 1.29 is 9.18 Å².